The molecular formula is C25H40N2. The third kappa shape index (κ3) is 8.77. The molecule has 0 saturated carbocycles. The van der Waals surface area contributed by atoms with Crippen LogP contribution in [-0.2, 0) is 12.8 Å². The maximum absolute atomic E-state index is 4.31. The monoisotopic (exact) mass is 368 g/mol. The van der Waals surface area contributed by atoms with E-state index in [2.05, 4.69) is 48.1 Å². The summed E-state index contributed by atoms with van der Waals surface area (Å²) < 4.78 is 0. The van der Waals surface area contributed by atoms with E-state index in [-0.39, 0.29) is 0 Å². The van der Waals surface area contributed by atoms with Crippen molar-refractivity contribution in [3.63, 3.8) is 0 Å². The van der Waals surface area contributed by atoms with Gasteiger partial charge in [-0.15, -0.1) is 0 Å². The highest BCUT2D eigenvalue weighted by molar-refractivity contribution is 5.25. The first-order valence-corrected chi connectivity index (χ1v) is 11.4. The van der Waals surface area contributed by atoms with Gasteiger partial charge in [-0.05, 0) is 49.1 Å². The van der Waals surface area contributed by atoms with Crippen LogP contribution in [0, 0.1) is 0 Å². The Balaban J connectivity index is 1.70. The van der Waals surface area contributed by atoms with Crippen LogP contribution in [0.15, 0.2) is 36.7 Å². The van der Waals surface area contributed by atoms with Gasteiger partial charge < -0.3 is 4.98 Å². The average molecular weight is 369 g/mol. The molecule has 2 rings (SSSR count). The SMILES string of the molecule is CCCCCCCc1ccc(C(CCC)CCCCCc2ncc[nH]2)cc1. The minimum absolute atomic E-state index is 0.734. The third-order valence-electron chi connectivity index (χ3n) is 5.68. The number of aromatic nitrogens is 2. The summed E-state index contributed by atoms with van der Waals surface area (Å²) in [7, 11) is 0. The minimum Gasteiger partial charge on any atom is -0.349 e. The molecule has 1 aromatic carbocycles. The summed E-state index contributed by atoms with van der Waals surface area (Å²) in [5.41, 5.74) is 3.07. The summed E-state index contributed by atoms with van der Waals surface area (Å²) in [5.74, 6) is 1.86. The summed E-state index contributed by atoms with van der Waals surface area (Å²) in [6.45, 7) is 4.60. The Hall–Kier alpha value is -1.57. The molecule has 0 aliphatic rings. The van der Waals surface area contributed by atoms with Gasteiger partial charge in [0.05, 0.1) is 0 Å². The van der Waals surface area contributed by atoms with E-state index in [4.69, 9.17) is 0 Å². The summed E-state index contributed by atoms with van der Waals surface area (Å²) in [6, 6.07) is 9.58. The highest BCUT2D eigenvalue weighted by Crippen LogP contribution is 2.28. The lowest BCUT2D eigenvalue weighted by Crippen LogP contribution is -2.00. The van der Waals surface area contributed by atoms with Crippen molar-refractivity contribution in [2.75, 3.05) is 0 Å². The number of nitrogens with zero attached hydrogens (tertiary/aromatic N) is 1. The molecule has 1 atom stereocenters. The van der Waals surface area contributed by atoms with Crippen LogP contribution < -0.4 is 0 Å². The molecule has 0 bridgehead atoms. The second kappa shape index (κ2) is 13.6. The van der Waals surface area contributed by atoms with Gasteiger partial charge in [0.15, 0.2) is 0 Å². The Labute approximate surface area is 167 Å². The van der Waals surface area contributed by atoms with Crippen LogP contribution in [-0.4, -0.2) is 9.97 Å². The van der Waals surface area contributed by atoms with Gasteiger partial charge in [-0.3, -0.25) is 0 Å². The molecule has 0 aliphatic heterocycles. The molecule has 2 heteroatoms. The summed E-state index contributed by atoms with van der Waals surface area (Å²) in [6.07, 6.45) is 20.7. The number of aryl methyl sites for hydroxylation is 2. The summed E-state index contributed by atoms with van der Waals surface area (Å²) >= 11 is 0. The Morgan fingerprint density at radius 1 is 0.778 bits per heavy atom. The normalized spacial score (nSPS) is 12.4. The zero-order chi connectivity index (χ0) is 19.2. The van der Waals surface area contributed by atoms with Crippen LogP contribution in [0.4, 0.5) is 0 Å². The van der Waals surface area contributed by atoms with Gasteiger partial charge in [0, 0.05) is 18.8 Å². The number of hydrogen-bond acceptors (Lipinski definition) is 1. The van der Waals surface area contributed by atoms with Gasteiger partial charge in [-0.25, -0.2) is 4.98 Å². The molecule has 0 spiro atoms. The average Bonchev–Trinajstić information content (AvgIpc) is 3.21. The fraction of sp³-hybridized carbons (Fsp3) is 0.640. The Morgan fingerprint density at radius 3 is 2.22 bits per heavy atom. The number of hydrogen-bond donors (Lipinski definition) is 1. The molecule has 0 aliphatic carbocycles. The maximum atomic E-state index is 4.31. The molecular weight excluding hydrogens is 328 g/mol. The molecule has 1 N–H and O–H groups in total. The first kappa shape index (κ1) is 21.7. The third-order valence-corrected chi connectivity index (χ3v) is 5.68. The van der Waals surface area contributed by atoms with Crippen molar-refractivity contribution < 1.29 is 0 Å². The standard InChI is InChI=1S/C25H40N2/c1-3-5-6-7-9-13-22-16-18-24(19-17-22)23(12-4-2)14-10-8-11-15-25-26-20-21-27-25/h16-21,23H,3-15H2,1-2H3,(H,26,27). The molecule has 0 saturated heterocycles. The van der Waals surface area contributed by atoms with Crippen LogP contribution >= 0.6 is 0 Å². The Morgan fingerprint density at radius 2 is 1.52 bits per heavy atom. The van der Waals surface area contributed by atoms with Crippen LogP contribution in [0.1, 0.15) is 107 Å². The molecule has 2 nitrogen and oxygen atoms in total. The van der Waals surface area contributed by atoms with E-state index in [1.165, 1.54) is 82.6 Å². The van der Waals surface area contributed by atoms with Crippen molar-refractivity contribution in [3.05, 3.63) is 53.6 Å². The lowest BCUT2D eigenvalue weighted by atomic mass is 9.88. The smallest absolute Gasteiger partial charge is 0.105 e. The fourth-order valence-electron chi connectivity index (χ4n) is 4.01. The van der Waals surface area contributed by atoms with Crippen LogP contribution in [0.2, 0.25) is 0 Å². The minimum atomic E-state index is 0.734. The highest BCUT2D eigenvalue weighted by Gasteiger charge is 2.10. The number of nitrogens with one attached hydrogen (secondary N) is 1. The van der Waals surface area contributed by atoms with E-state index in [1.54, 1.807) is 5.56 Å². The van der Waals surface area contributed by atoms with Crippen molar-refractivity contribution in [1.29, 1.82) is 0 Å². The quantitative estimate of drug-likeness (QED) is 0.322. The molecule has 0 amide bonds. The molecule has 0 radical (unpaired) electrons. The lowest BCUT2D eigenvalue weighted by molar-refractivity contribution is 0.521. The molecule has 1 unspecified atom stereocenters. The Bertz CT molecular complexity index is 571. The van der Waals surface area contributed by atoms with Crippen molar-refractivity contribution in [2.24, 2.45) is 0 Å². The van der Waals surface area contributed by atoms with E-state index in [1.807, 2.05) is 12.4 Å². The zero-order valence-corrected chi connectivity index (χ0v) is 17.7. The van der Waals surface area contributed by atoms with Gasteiger partial charge in [-0.2, -0.15) is 0 Å². The molecule has 150 valence electrons. The van der Waals surface area contributed by atoms with Crippen LogP contribution in [0.5, 0.6) is 0 Å². The lowest BCUT2D eigenvalue weighted by Gasteiger charge is -2.17. The number of rotatable bonds is 15. The first-order valence-electron chi connectivity index (χ1n) is 11.4. The van der Waals surface area contributed by atoms with Crippen molar-refractivity contribution >= 4 is 0 Å². The van der Waals surface area contributed by atoms with Crippen molar-refractivity contribution in [1.82, 2.24) is 9.97 Å². The second-order valence-electron chi connectivity index (χ2n) is 8.03. The number of aromatic amines is 1. The largest absolute Gasteiger partial charge is 0.349 e. The summed E-state index contributed by atoms with van der Waals surface area (Å²) in [5, 5.41) is 0. The van der Waals surface area contributed by atoms with Gasteiger partial charge >= 0.3 is 0 Å². The molecule has 2 aromatic rings. The molecule has 27 heavy (non-hydrogen) atoms. The van der Waals surface area contributed by atoms with E-state index in [0.717, 1.165) is 18.2 Å². The van der Waals surface area contributed by atoms with Crippen LogP contribution in [0.3, 0.4) is 0 Å². The van der Waals surface area contributed by atoms with E-state index in [9.17, 15) is 0 Å². The topological polar surface area (TPSA) is 28.7 Å². The number of H-pyrrole nitrogens is 1. The number of benzene rings is 1. The van der Waals surface area contributed by atoms with Gasteiger partial charge in [-0.1, -0.05) is 83.1 Å². The highest BCUT2D eigenvalue weighted by atomic mass is 14.9. The predicted molar refractivity (Wildman–Crippen MR) is 117 cm³/mol. The molecule has 1 aromatic heterocycles. The van der Waals surface area contributed by atoms with Crippen molar-refractivity contribution in [2.45, 2.75) is 103 Å². The number of unbranched alkanes of at least 4 members (excludes halogenated alkanes) is 6. The van der Waals surface area contributed by atoms with Crippen LogP contribution in [0.25, 0.3) is 0 Å². The Kier molecular flexibility index (Phi) is 10.9. The van der Waals surface area contributed by atoms with Gasteiger partial charge in [0.2, 0.25) is 0 Å². The van der Waals surface area contributed by atoms with E-state index >= 15 is 0 Å². The number of imidazole rings is 1. The molecule has 1 heterocycles. The summed E-state index contributed by atoms with van der Waals surface area (Å²) in [4.78, 5) is 7.52. The first-order chi connectivity index (χ1) is 13.3. The van der Waals surface area contributed by atoms with Crippen molar-refractivity contribution in [3.8, 4) is 0 Å². The van der Waals surface area contributed by atoms with Gasteiger partial charge in [0.25, 0.3) is 0 Å². The predicted octanol–water partition coefficient (Wildman–Crippen LogP) is 7.61. The maximum Gasteiger partial charge on any atom is 0.105 e. The van der Waals surface area contributed by atoms with Gasteiger partial charge in [0.1, 0.15) is 5.82 Å². The zero-order valence-electron chi connectivity index (χ0n) is 17.7. The van der Waals surface area contributed by atoms with E-state index in [0.29, 0.717) is 0 Å². The fourth-order valence-corrected chi connectivity index (χ4v) is 4.01. The molecule has 0 fully saturated rings. The van der Waals surface area contributed by atoms with E-state index < -0.39 is 0 Å². The second-order valence-corrected chi connectivity index (χ2v) is 8.03.